The van der Waals surface area contributed by atoms with Gasteiger partial charge in [0.05, 0.1) is 17.4 Å². The smallest absolute Gasteiger partial charge is 0.325 e. The van der Waals surface area contributed by atoms with Gasteiger partial charge in [-0.2, -0.15) is 4.31 Å². The van der Waals surface area contributed by atoms with Crippen molar-refractivity contribution in [2.45, 2.75) is 63.0 Å². The fraction of sp³-hybridized carbons (Fsp3) is 0.609. The van der Waals surface area contributed by atoms with Crippen LogP contribution in [0.1, 0.15) is 46.0 Å². The highest BCUT2D eigenvalue weighted by Crippen LogP contribution is 2.27. The largest absolute Gasteiger partial charge is 0.466 e. The number of benzene rings is 1. The Labute approximate surface area is 195 Å². The van der Waals surface area contributed by atoms with E-state index < -0.39 is 28.1 Å². The summed E-state index contributed by atoms with van der Waals surface area (Å²) in [5.74, 6) is -1.54. The van der Waals surface area contributed by atoms with E-state index >= 15 is 0 Å². The molecule has 2 atom stereocenters. The first kappa shape index (κ1) is 25.2. The predicted molar refractivity (Wildman–Crippen MR) is 119 cm³/mol. The number of nitrogens with zero attached hydrogens (tertiary/aromatic N) is 2. The number of piperidine rings is 2. The average Bonchev–Trinajstić information content (AvgIpc) is 2.84. The van der Waals surface area contributed by atoms with E-state index in [2.05, 4.69) is 0 Å². The predicted octanol–water partition coefficient (Wildman–Crippen LogP) is 1.96. The number of esters is 2. The molecule has 0 saturated carbocycles. The van der Waals surface area contributed by atoms with E-state index in [0.29, 0.717) is 51.8 Å². The molecule has 2 aliphatic heterocycles. The summed E-state index contributed by atoms with van der Waals surface area (Å²) in [6.07, 6.45) is 1.65. The molecule has 182 valence electrons. The summed E-state index contributed by atoms with van der Waals surface area (Å²) in [5, 5.41) is 0. The maximum Gasteiger partial charge on any atom is 0.325 e. The Morgan fingerprint density at radius 1 is 1.00 bits per heavy atom. The number of carbonyl (C=O) groups is 3. The van der Waals surface area contributed by atoms with Crippen LogP contribution < -0.4 is 0 Å². The third-order valence-corrected chi connectivity index (χ3v) is 8.07. The lowest BCUT2D eigenvalue weighted by molar-refractivity contribution is -0.164. The Kier molecular flexibility index (Phi) is 8.47. The minimum absolute atomic E-state index is 0.123. The molecule has 0 aliphatic carbocycles. The van der Waals surface area contributed by atoms with Crippen molar-refractivity contribution in [2.24, 2.45) is 5.92 Å². The molecule has 0 N–H and O–H groups in total. The summed E-state index contributed by atoms with van der Waals surface area (Å²) < 4.78 is 37.9. The summed E-state index contributed by atoms with van der Waals surface area (Å²) in [4.78, 5) is 39.4. The van der Waals surface area contributed by atoms with Gasteiger partial charge >= 0.3 is 11.9 Å². The summed E-state index contributed by atoms with van der Waals surface area (Å²) in [5.41, 5.74) is 0. The van der Waals surface area contributed by atoms with Gasteiger partial charge in [-0.1, -0.05) is 18.2 Å². The van der Waals surface area contributed by atoms with Crippen LogP contribution in [0.3, 0.4) is 0 Å². The number of likely N-dealkylation sites (tertiary alicyclic amines) is 1. The molecule has 2 unspecified atom stereocenters. The molecule has 33 heavy (non-hydrogen) atoms. The highest BCUT2D eigenvalue weighted by molar-refractivity contribution is 7.89. The van der Waals surface area contributed by atoms with Crippen molar-refractivity contribution in [2.75, 3.05) is 26.2 Å². The highest BCUT2D eigenvalue weighted by Gasteiger charge is 2.40. The standard InChI is InChI=1S/C23H32N2O7S/c1-3-31-22(27)18-12-15-24(16-13-18)21(26)17(2)32-23(28)20-11-7-8-14-25(20)33(29,30)19-9-5-4-6-10-19/h4-6,9-10,17-18,20H,3,7-8,11-16H2,1-2H3. The first-order valence-electron chi connectivity index (χ1n) is 11.5. The fourth-order valence-electron chi connectivity index (χ4n) is 4.31. The van der Waals surface area contributed by atoms with Gasteiger partial charge < -0.3 is 14.4 Å². The van der Waals surface area contributed by atoms with Gasteiger partial charge in [0.1, 0.15) is 6.04 Å². The van der Waals surface area contributed by atoms with E-state index in [4.69, 9.17) is 9.47 Å². The molecule has 2 saturated heterocycles. The molecular weight excluding hydrogens is 448 g/mol. The summed E-state index contributed by atoms with van der Waals surface area (Å²) in [6, 6.07) is 7.03. The third kappa shape index (κ3) is 5.92. The SMILES string of the molecule is CCOC(=O)C1CCN(C(=O)C(C)OC(=O)C2CCCCN2S(=O)(=O)c2ccccc2)CC1. The quantitative estimate of drug-likeness (QED) is 0.549. The van der Waals surface area contributed by atoms with Gasteiger partial charge in [0.15, 0.2) is 6.10 Å². The number of ether oxygens (including phenoxy) is 2. The lowest BCUT2D eigenvalue weighted by atomic mass is 9.96. The van der Waals surface area contributed by atoms with Crippen molar-refractivity contribution in [1.82, 2.24) is 9.21 Å². The monoisotopic (exact) mass is 480 g/mol. The maximum atomic E-state index is 13.1. The molecule has 1 aromatic rings. The Balaban J connectivity index is 1.61. The van der Waals surface area contributed by atoms with Gasteiger partial charge in [0, 0.05) is 19.6 Å². The Morgan fingerprint density at radius 3 is 2.30 bits per heavy atom. The molecule has 0 spiro atoms. The van der Waals surface area contributed by atoms with Crippen molar-refractivity contribution in [3.63, 3.8) is 0 Å². The first-order valence-corrected chi connectivity index (χ1v) is 12.9. The fourth-order valence-corrected chi connectivity index (χ4v) is 5.98. The second kappa shape index (κ2) is 11.1. The lowest BCUT2D eigenvalue weighted by Crippen LogP contribution is -2.51. The molecule has 0 aromatic heterocycles. The Morgan fingerprint density at radius 2 is 1.67 bits per heavy atom. The molecule has 0 radical (unpaired) electrons. The van der Waals surface area contributed by atoms with Gasteiger partial charge in [-0.25, -0.2) is 8.42 Å². The normalized spacial score (nSPS) is 21.3. The zero-order valence-corrected chi connectivity index (χ0v) is 20.0. The van der Waals surface area contributed by atoms with Crippen LogP contribution in [0.25, 0.3) is 0 Å². The van der Waals surface area contributed by atoms with Crippen LogP contribution in [0.15, 0.2) is 35.2 Å². The second-order valence-corrected chi connectivity index (χ2v) is 10.3. The molecule has 2 fully saturated rings. The van der Waals surface area contributed by atoms with E-state index in [1.165, 1.54) is 23.4 Å². The van der Waals surface area contributed by atoms with Crippen LogP contribution in [0.4, 0.5) is 0 Å². The van der Waals surface area contributed by atoms with Gasteiger partial charge in [-0.3, -0.25) is 14.4 Å². The number of hydrogen-bond donors (Lipinski definition) is 0. The molecule has 9 nitrogen and oxygen atoms in total. The zero-order valence-electron chi connectivity index (χ0n) is 19.1. The summed E-state index contributed by atoms with van der Waals surface area (Å²) in [6.45, 7) is 4.55. The van der Waals surface area contributed by atoms with Gasteiger partial charge in [-0.15, -0.1) is 0 Å². The molecule has 0 bridgehead atoms. The number of sulfonamides is 1. The van der Waals surface area contributed by atoms with E-state index in [9.17, 15) is 22.8 Å². The van der Waals surface area contributed by atoms with Crippen LogP contribution in [-0.2, 0) is 33.9 Å². The molecule has 1 aromatic carbocycles. The Bertz CT molecular complexity index is 943. The van der Waals surface area contributed by atoms with Crippen molar-refractivity contribution in [1.29, 1.82) is 0 Å². The molecule has 2 aliphatic rings. The van der Waals surface area contributed by atoms with Crippen molar-refractivity contribution >= 4 is 27.9 Å². The van der Waals surface area contributed by atoms with Crippen LogP contribution in [0.2, 0.25) is 0 Å². The van der Waals surface area contributed by atoms with E-state index in [1.807, 2.05) is 0 Å². The van der Waals surface area contributed by atoms with Crippen molar-refractivity contribution in [3.8, 4) is 0 Å². The van der Waals surface area contributed by atoms with E-state index in [-0.39, 0.29) is 29.2 Å². The molecule has 3 rings (SSSR count). The van der Waals surface area contributed by atoms with Crippen LogP contribution >= 0.6 is 0 Å². The van der Waals surface area contributed by atoms with E-state index in [0.717, 1.165) is 0 Å². The molecule has 10 heteroatoms. The number of carbonyl (C=O) groups excluding carboxylic acids is 3. The van der Waals surface area contributed by atoms with Crippen LogP contribution in [0, 0.1) is 5.92 Å². The van der Waals surface area contributed by atoms with Gasteiger partial charge in [-0.05, 0) is 58.1 Å². The van der Waals surface area contributed by atoms with Gasteiger partial charge in [0.25, 0.3) is 5.91 Å². The zero-order chi connectivity index (χ0) is 24.0. The van der Waals surface area contributed by atoms with Crippen molar-refractivity contribution in [3.05, 3.63) is 30.3 Å². The number of rotatable bonds is 7. The number of hydrogen-bond acceptors (Lipinski definition) is 7. The first-order chi connectivity index (χ1) is 15.8. The minimum Gasteiger partial charge on any atom is -0.466 e. The maximum absolute atomic E-state index is 13.1. The third-order valence-electron chi connectivity index (χ3n) is 6.14. The highest BCUT2D eigenvalue weighted by atomic mass is 32.2. The molecule has 1 amide bonds. The summed E-state index contributed by atoms with van der Waals surface area (Å²) in [7, 11) is -3.86. The van der Waals surface area contributed by atoms with Crippen LogP contribution in [0.5, 0.6) is 0 Å². The number of amides is 1. The van der Waals surface area contributed by atoms with Crippen molar-refractivity contribution < 1.29 is 32.3 Å². The summed E-state index contributed by atoms with van der Waals surface area (Å²) >= 11 is 0. The van der Waals surface area contributed by atoms with E-state index in [1.54, 1.807) is 30.0 Å². The Hall–Kier alpha value is -2.46. The topological polar surface area (TPSA) is 110 Å². The lowest BCUT2D eigenvalue weighted by Gasteiger charge is -2.35. The molecule has 2 heterocycles. The minimum atomic E-state index is -3.86. The molecular formula is C23H32N2O7S. The van der Waals surface area contributed by atoms with Gasteiger partial charge in [0.2, 0.25) is 10.0 Å². The van der Waals surface area contributed by atoms with Crippen LogP contribution in [-0.4, -0.2) is 73.9 Å². The average molecular weight is 481 g/mol. The second-order valence-electron chi connectivity index (χ2n) is 8.37.